The highest BCUT2D eigenvalue weighted by atomic mass is 19.1. The summed E-state index contributed by atoms with van der Waals surface area (Å²) < 4.78 is 41.5. The minimum Gasteiger partial charge on any atom is -0.356 e. The lowest BCUT2D eigenvalue weighted by Crippen LogP contribution is -2.32. The van der Waals surface area contributed by atoms with Crippen molar-refractivity contribution >= 4 is 22.7 Å². The van der Waals surface area contributed by atoms with Gasteiger partial charge in [-0.2, -0.15) is 0 Å². The number of nitrogens with zero attached hydrogens (tertiary/aromatic N) is 1. The van der Waals surface area contributed by atoms with Crippen molar-refractivity contribution in [3.63, 3.8) is 0 Å². The second kappa shape index (κ2) is 8.83. The maximum absolute atomic E-state index is 14.3. The molecule has 1 saturated heterocycles. The van der Waals surface area contributed by atoms with Gasteiger partial charge in [-0.1, -0.05) is 0 Å². The topological polar surface area (TPSA) is 65.2 Å². The first-order valence-corrected chi connectivity index (χ1v) is 10.2. The van der Waals surface area contributed by atoms with Crippen LogP contribution in [0.4, 0.5) is 13.2 Å². The van der Waals surface area contributed by atoms with Gasteiger partial charge in [0.05, 0.1) is 5.52 Å². The number of amides is 2. The van der Waals surface area contributed by atoms with Crippen LogP contribution in [0.2, 0.25) is 0 Å². The van der Waals surface area contributed by atoms with Crippen molar-refractivity contribution < 1.29 is 22.8 Å². The van der Waals surface area contributed by atoms with Crippen LogP contribution in [-0.4, -0.2) is 41.3 Å². The molecule has 0 unspecified atom stereocenters. The summed E-state index contributed by atoms with van der Waals surface area (Å²) >= 11 is 0. The van der Waals surface area contributed by atoms with Crippen molar-refractivity contribution in [1.29, 1.82) is 0 Å². The first-order chi connectivity index (χ1) is 14.9. The summed E-state index contributed by atoms with van der Waals surface area (Å²) in [6.07, 6.45) is 1.87. The first-order valence-electron chi connectivity index (χ1n) is 10.2. The van der Waals surface area contributed by atoms with Gasteiger partial charge in [0.1, 0.15) is 17.5 Å². The van der Waals surface area contributed by atoms with Gasteiger partial charge in [0.25, 0.3) is 0 Å². The number of rotatable bonds is 7. The zero-order valence-electron chi connectivity index (χ0n) is 16.8. The van der Waals surface area contributed by atoms with E-state index in [0.29, 0.717) is 48.1 Å². The maximum Gasteiger partial charge on any atom is 0.222 e. The van der Waals surface area contributed by atoms with E-state index in [1.165, 1.54) is 18.2 Å². The Morgan fingerprint density at radius 3 is 2.58 bits per heavy atom. The Hall–Kier alpha value is -3.29. The molecule has 0 spiro atoms. The molecule has 0 aliphatic carbocycles. The van der Waals surface area contributed by atoms with Gasteiger partial charge in [0.2, 0.25) is 11.8 Å². The van der Waals surface area contributed by atoms with E-state index < -0.39 is 17.5 Å². The molecule has 5 nitrogen and oxygen atoms in total. The zero-order valence-corrected chi connectivity index (χ0v) is 16.8. The molecule has 0 atom stereocenters. The van der Waals surface area contributed by atoms with Gasteiger partial charge in [-0.25, -0.2) is 13.2 Å². The van der Waals surface area contributed by atoms with Gasteiger partial charge in [0.15, 0.2) is 0 Å². The molecule has 31 heavy (non-hydrogen) atoms. The van der Waals surface area contributed by atoms with Crippen LogP contribution in [0.3, 0.4) is 0 Å². The molecule has 1 aliphatic rings. The number of carbonyl (C=O) groups is 2. The Morgan fingerprint density at radius 1 is 1.10 bits per heavy atom. The number of likely N-dealkylation sites (tertiary alicyclic amines) is 1. The van der Waals surface area contributed by atoms with Crippen molar-refractivity contribution in [2.45, 2.75) is 25.7 Å². The fourth-order valence-electron chi connectivity index (χ4n) is 3.99. The van der Waals surface area contributed by atoms with Crippen LogP contribution >= 0.6 is 0 Å². The molecule has 1 aliphatic heterocycles. The predicted molar refractivity (Wildman–Crippen MR) is 111 cm³/mol. The third kappa shape index (κ3) is 4.57. The molecule has 1 aromatic heterocycles. The molecule has 1 fully saturated rings. The van der Waals surface area contributed by atoms with E-state index in [1.54, 1.807) is 17.0 Å². The molecule has 2 amide bonds. The highest BCUT2D eigenvalue weighted by molar-refractivity contribution is 5.91. The monoisotopic (exact) mass is 429 g/mol. The highest BCUT2D eigenvalue weighted by Crippen LogP contribution is 2.32. The Bertz CT molecular complexity index is 1130. The minimum atomic E-state index is -0.719. The number of benzene rings is 2. The zero-order chi connectivity index (χ0) is 22.0. The van der Waals surface area contributed by atoms with E-state index >= 15 is 0 Å². The number of aromatic amines is 1. The normalized spacial score (nSPS) is 13.9. The fraction of sp³-hybridized carbons (Fsp3) is 0.304. The summed E-state index contributed by atoms with van der Waals surface area (Å²) in [4.78, 5) is 28.5. The lowest BCUT2D eigenvalue weighted by Gasteiger charge is -2.15. The maximum atomic E-state index is 14.3. The lowest BCUT2D eigenvalue weighted by molar-refractivity contribution is -0.128. The number of hydrogen-bond acceptors (Lipinski definition) is 2. The van der Waals surface area contributed by atoms with Gasteiger partial charge in [-0.3, -0.25) is 9.59 Å². The smallest absolute Gasteiger partial charge is 0.222 e. The molecule has 3 aromatic rings. The average molecular weight is 429 g/mol. The van der Waals surface area contributed by atoms with Crippen molar-refractivity contribution in [3.05, 3.63) is 59.4 Å². The predicted octanol–water partition coefficient (Wildman–Crippen LogP) is 3.92. The van der Waals surface area contributed by atoms with E-state index in [1.807, 2.05) is 0 Å². The van der Waals surface area contributed by atoms with E-state index in [2.05, 4.69) is 10.3 Å². The van der Waals surface area contributed by atoms with Gasteiger partial charge >= 0.3 is 0 Å². The quantitative estimate of drug-likeness (QED) is 0.598. The average Bonchev–Trinajstić information content (AvgIpc) is 3.31. The number of halogens is 3. The van der Waals surface area contributed by atoms with Gasteiger partial charge in [-0.05, 0) is 54.3 Å². The van der Waals surface area contributed by atoms with Gasteiger partial charge in [-0.15, -0.1) is 0 Å². The number of carbonyl (C=O) groups excluding carboxylic acids is 2. The summed E-state index contributed by atoms with van der Waals surface area (Å²) in [5.41, 5.74) is 1.98. The lowest BCUT2D eigenvalue weighted by atomic mass is 10.0. The number of aromatic nitrogens is 1. The Labute approximate surface area is 177 Å². The summed E-state index contributed by atoms with van der Waals surface area (Å²) in [5, 5.41) is 3.19. The summed E-state index contributed by atoms with van der Waals surface area (Å²) in [6.45, 7) is 1.32. The number of hydrogen-bond donors (Lipinski definition) is 2. The summed E-state index contributed by atoms with van der Waals surface area (Å²) in [6, 6.07) is 7.76. The van der Waals surface area contributed by atoms with Crippen LogP contribution in [-0.2, 0) is 16.0 Å². The van der Waals surface area contributed by atoms with Crippen LogP contribution in [0.15, 0.2) is 36.4 Å². The van der Waals surface area contributed by atoms with Gasteiger partial charge in [0, 0.05) is 49.6 Å². The first kappa shape index (κ1) is 21.0. The highest BCUT2D eigenvalue weighted by Gasteiger charge is 2.21. The molecule has 8 heteroatoms. The van der Waals surface area contributed by atoms with E-state index in [4.69, 9.17) is 0 Å². The summed E-state index contributed by atoms with van der Waals surface area (Å²) in [7, 11) is 0. The second-order valence-corrected chi connectivity index (χ2v) is 7.63. The number of H-pyrrole nitrogens is 1. The molecule has 0 saturated carbocycles. The molecule has 4 rings (SSSR count). The minimum absolute atomic E-state index is 0.0691. The van der Waals surface area contributed by atoms with E-state index in [0.717, 1.165) is 12.5 Å². The van der Waals surface area contributed by atoms with Crippen LogP contribution in [0.5, 0.6) is 0 Å². The molecule has 0 bridgehead atoms. The van der Waals surface area contributed by atoms with Crippen LogP contribution < -0.4 is 5.32 Å². The van der Waals surface area contributed by atoms with Crippen molar-refractivity contribution in [2.24, 2.45) is 0 Å². The third-order valence-electron chi connectivity index (χ3n) is 5.54. The fourth-order valence-corrected chi connectivity index (χ4v) is 3.99. The molecule has 162 valence electrons. The van der Waals surface area contributed by atoms with E-state index in [9.17, 15) is 22.8 Å². The third-order valence-corrected chi connectivity index (χ3v) is 5.54. The number of nitrogens with one attached hydrogen (secondary N) is 2. The number of fused-ring (bicyclic) bond motifs is 1. The Kier molecular flexibility index (Phi) is 5.97. The molecule has 2 N–H and O–H groups in total. The molecular weight excluding hydrogens is 407 g/mol. The molecule has 2 heterocycles. The van der Waals surface area contributed by atoms with Gasteiger partial charge < -0.3 is 15.2 Å². The Morgan fingerprint density at radius 2 is 1.87 bits per heavy atom. The van der Waals surface area contributed by atoms with Crippen molar-refractivity contribution in [2.75, 3.05) is 19.6 Å². The molecular formula is C23H22F3N3O2. The van der Waals surface area contributed by atoms with Crippen molar-refractivity contribution in [3.8, 4) is 11.3 Å². The van der Waals surface area contributed by atoms with Crippen LogP contribution in [0, 0.1) is 17.5 Å². The molecule has 2 aromatic carbocycles. The molecule has 0 radical (unpaired) electrons. The van der Waals surface area contributed by atoms with E-state index in [-0.39, 0.29) is 30.3 Å². The standard InChI is InChI=1S/C23H22F3N3O2/c24-15-5-3-14(4-6-15)22-17(18-12-16(25)13-19(26)23(18)28-22)7-9-27-20(30)8-11-29-10-1-2-21(29)31/h3-6,12-13,28H,1-2,7-11H2,(H,27,30). The Balaban J connectivity index is 1.50. The SMILES string of the molecule is O=C(CCN1CCCC1=O)NCCc1c(-c2ccc(F)cc2)[nH]c2c(F)cc(F)cc12. The second-order valence-electron chi connectivity index (χ2n) is 7.63. The van der Waals surface area contributed by atoms with Crippen molar-refractivity contribution in [1.82, 2.24) is 15.2 Å². The van der Waals surface area contributed by atoms with Crippen LogP contribution in [0.25, 0.3) is 22.2 Å². The van der Waals surface area contributed by atoms with Crippen LogP contribution in [0.1, 0.15) is 24.8 Å². The summed E-state index contributed by atoms with van der Waals surface area (Å²) in [5.74, 6) is -1.94. The largest absolute Gasteiger partial charge is 0.356 e.